The van der Waals surface area contributed by atoms with Crippen LogP contribution in [0.5, 0.6) is 0 Å². The van der Waals surface area contributed by atoms with Crippen LogP contribution in [0.1, 0.15) is 46.6 Å². The van der Waals surface area contributed by atoms with Gasteiger partial charge in [0.2, 0.25) is 5.71 Å². The SMILES string of the molecule is Cc1oc2ncnc(NC3(C)CC3)c2c1C(=O)NCc1nc(C(F)(F)F)cs1. The van der Waals surface area contributed by atoms with Gasteiger partial charge in [0.05, 0.1) is 17.5 Å². The first-order chi connectivity index (χ1) is 13.2. The van der Waals surface area contributed by atoms with Gasteiger partial charge in [-0.15, -0.1) is 11.3 Å². The molecule has 0 atom stereocenters. The third-order valence-electron chi connectivity index (χ3n) is 4.55. The van der Waals surface area contributed by atoms with Crippen LogP contribution in [-0.4, -0.2) is 26.4 Å². The van der Waals surface area contributed by atoms with Crippen LogP contribution in [0.3, 0.4) is 0 Å². The van der Waals surface area contributed by atoms with Crippen LogP contribution in [0.25, 0.3) is 11.1 Å². The molecule has 1 aliphatic rings. The Morgan fingerprint density at radius 2 is 2.11 bits per heavy atom. The van der Waals surface area contributed by atoms with E-state index in [1.54, 1.807) is 6.92 Å². The second kappa shape index (κ2) is 6.43. The number of aryl methyl sites for hydroxylation is 1. The molecule has 7 nitrogen and oxygen atoms in total. The predicted molar refractivity (Wildman–Crippen MR) is 96.1 cm³/mol. The maximum Gasteiger partial charge on any atom is 0.434 e. The number of rotatable bonds is 5. The average molecular weight is 411 g/mol. The van der Waals surface area contributed by atoms with E-state index in [1.807, 2.05) is 6.92 Å². The zero-order valence-corrected chi connectivity index (χ0v) is 15.8. The van der Waals surface area contributed by atoms with E-state index >= 15 is 0 Å². The van der Waals surface area contributed by atoms with Gasteiger partial charge in [0.15, 0.2) is 5.69 Å². The molecule has 0 aromatic carbocycles. The fourth-order valence-corrected chi connectivity index (χ4v) is 3.52. The van der Waals surface area contributed by atoms with Crippen molar-refractivity contribution in [1.82, 2.24) is 20.3 Å². The molecular weight excluding hydrogens is 395 g/mol. The van der Waals surface area contributed by atoms with E-state index in [0.29, 0.717) is 17.0 Å². The Balaban J connectivity index is 1.58. The maximum atomic E-state index is 12.8. The van der Waals surface area contributed by atoms with Crippen molar-refractivity contribution in [3.05, 3.63) is 33.7 Å². The summed E-state index contributed by atoms with van der Waals surface area (Å²) in [5, 5.41) is 7.45. The summed E-state index contributed by atoms with van der Waals surface area (Å²) in [5.41, 5.74) is -0.507. The van der Waals surface area contributed by atoms with Crippen LogP contribution in [0.4, 0.5) is 19.0 Å². The number of furan rings is 1. The Labute approximate surface area is 161 Å². The summed E-state index contributed by atoms with van der Waals surface area (Å²) >= 11 is 0.836. The number of carbonyl (C=O) groups excluding carboxylic acids is 1. The standard InChI is InChI=1S/C17H16F3N5O2S/c1-8-11(14(26)21-5-10-24-9(6-28-10)17(18,19)20)12-13(25-16(2)3-4-16)22-7-23-15(12)27-8/h6-7H,3-5H2,1-2H3,(H,21,26)(H,22,23,25). The molecule has 0 saturated heterocycles. The van der Waals surface area contributed by atoms with Crippen molar-refractivity contribution in [3.8, 4) is 0 Å². The Kier molecular flexibility index (Phi) is 4.29. The van der Waals surface area contributed by atoms with Gasteiger partial charge in [-0.2, -0.15) is 13.2 Å². The molecule has 1 aliphatic carbocycles. The highest BCUT2D eigenvalue weighted by molar-refractivity contribution is 7.09. The van der Waals surface area contributed by atoms with E-state index in [9.17, 15) is 18.0 Å². The minimum atomic E-state index is -4.51. The molecule has 2 N–H and O–H groups in total. The molecular formula is C17H16F3N5O2S. The first-order valence-corrected chi connectivity index (χ1v) is 9.36. The molecule has 0 aliphatic heterocycles. The second-order valence-electron chi connectivity index (χ2n) is 6.93. The van der Waals surface area contributed by atoms with Crippen molar-refractivity contribution in [2.24, 2.45) is 0 Å². The minimum Gasteiger partial charge on any atom is -0.442 e. The Hall–Kier alpha value is -2.69. The molecule has 4 rings (SSSR count). The summed E-state index contributed by atoms with van der Waals surface area (Å²) in [6.07, 6.45) is -1.17. The van der Waals surface area contributed by atoms with Gasteiger partial charge in [0, 0.05) is 10.9 Å². The Bertz CT molecular complexity index is 1050. The number of hydrogen-bond donors (Lipinski definition) is 2. The normalized spacial score (nSPS) is 15.6. The average Bonchev–Trinajstić information content (AvgIpc) is 3.04. The molecule has 1 fully saturated rings. The molecule has 148 valence electrons. The minimum absolute atomic E-state index is 0.0743. The number of amides is 1. The van der Waals surface area contributed by atoms with Crippen LogP contribution < -0.4 is 10.6 Å². The van der Waals surface area contributed by atoms with Gasteiger partial charge >= 0.3 is 6.18 Å². The lowest BCUT2D eigenvalue weighted by molar-refractivity contribution is -0.140. The highest BCUT2D eigenvalue weighted by atomic mass is 32.1. The smallest absolute Gasteiger partial charge is 0.434 e. The van der Waals surface area contributed by atoms with Crippen LogP contribution in [0, 0.1) is 6.92 Å². The van der Waals surface area contributed by atoms with E-state index in [0.717, 1.165) is 29.6 Å². The zero-order valence-electron chi connectivity index (χ0n) is 15.0. The lowest BCUT2D eigenvalue weighted by Crippen LogP contribution is -2.24. The van der Waals surface area contributed by atoms with Crippen molar-refractivity contribution < 1.29 is 22.4 Å². The van der Waals surface area contributed by atoms with Crippen molar-refractivity contribution in [2.45, 2.75) is 44.9 Å². The molecule has 11 heteroatoms. The fourth-order valence-electron chi connectivity index (χ4n) is 2.78. The van der Waals surface area contributed by atoms with E-state index in [4.69, 9.17) is 4.42 Å². The van der Waals surface area contributed by atoms with Crippen LogP contribution in [0.15, 0.2) is 16.1 Å². The summed E-state index contributed by atoms with van der Waals surface area (Å²) in [4.78, 5) is 24.6. The van der Waals surface area contributed by atoms with Gasteiger partial charge in [0.25, 0.3) is 5.91 Å². The Morgan fingerprint density at radius 3 is 2.75 bits per heavy atom. The molecule has 0 bridgehead atoms. The molecule has 3 aromatic rings. The van der Waals surface area contributed by atoms with E-state index in [2.05, 4.69) is 25.6 Å². The van der Waals surface area contributed by atoms with Gasteiger partial charge < -0.3 is 15.1 Å². The molecule has 3 heterocycles. The number of nitrogens with one attached hydrogen (secondary N) is 2. The van der Waals surface area contributed by atoms with Crippen molar-refractivity contribution >= 4 is 34.2 Å². The number of nitrogens with zero attached hydrogens (tertiary/aromatic N) is 3. The van der Waals surface area contributed by atoms with Gasteiger partial charge in [-0.25, -0.2) is 15.0 Å². The third kappa shape index (κ3) is 3.53. The highest BCUT2D eigenvalue weighted by Crippen LogP contribution is 2.40. The number of anilines is 1. The predicted octanol–water partition coefficient (Wildman–Crippen LogP) is 3.90. The molecule has 1 amide bonds. The largest absolute Gasteiger partial charge is 0.442 e. The quantitative estimate of drug-likeness (QED) is 0.662. The topological polar surface area (TPSA) is 92.9 Å². The third-order valence-corrected chi connectivity index (χ3v) is 5.40. The molecule has 1 saturated carbocycles. The van der Waals surface area contributed by atoms with Crippen molar-refractivity contribution in [1.29, 1.82) is 0 Å². The van der Waals surface area contributed by atoms with E-state index < -0.39 is 17.8 Å². The monoisotopic (exact) mass is 411 g/mol. The fraction of sp³-hybridized carbons (Fsp3) is 0.412. The van der Waals surface area contributed by atoms with E-state index in [1.165, 1.54) is 6.33 Å². The molecule has 28 heavy (non-hydrogen) atoms. The maximum absolute atomic E-state index is 12.8. The number of aromatic nitrogens is 3. The lowest BCUT2D eigenvalue weighted by Gasteiger charge is -2.13. The molecule has 0 radical (unpaired) electrons. The van der Waals surface area contributed by atoms with Crippen molar-refractivity contribution in [3.63, 3.8) is 0 Å². The van der Waals surface area contributed by atoms with Gasteiger partial charge in [0.1, 0.15) is 22.9 Å². The first kappa shape index (κ1) is 18.7. The number of thiazole rings is 1. The zero-order chi connectivity index (χ0) is 20.1. The van der Waals surface area contributed by atoms with Gasteiger partial charge in [-0.3, -0.25) is 4.79 Å². The van der Waals surface area contributed by atoms with Gasteiger partial charge in [-0.1, -0.05) is 0 Å². The Morgan fingerprint density at radius 1 is 1.36 bits per heavy atom. The summed E-state index contributed by atoms with van der Waals surface area (Å²) in [5.74, 6) is 0.367. The summed E-state index contributed by atoms with van der Waals surface area (Å²) in [6, 6.07) is 0. The molecule has 0 unspecified atom stereocenters. The molecule has 3 aromatic heterocycles. The molecule has 0 spiro atoms. The summed E-state index contributed by atoms with van der Waals surface area (Å²) in [6.45, 7) is 3.55. The number of alkyl halides is 3. The van der Waals surface area contributed by atoms with Crippen LogP contribution in [-0.2, 0) is 12.7 Å². The van der Waals surface area contributed by atoms with Gasteiger partial charge in [-0.05, 0) is 26.7 Å². The first-order valence-electron chi connectivity index (χ1n) is 8.48. The van der Waals surface area contributed by atoms with Crippen LogP contribution >= 0.6 is 11.3 Å². The second-order valence-corrected chi connectivity index (χ2v) is 7.87. The number of halogens is 3. The number of carbonyl (C=O) groups is 1. The highest BCUT2D eigenvalue weighted by Gasteiger charge is 2.38. The van der Waals surface area contributed by atoms with Crippen LogP contribution in [0.2, 0.25) is 0 Å². The number of fused-ring (bicyclic) bond motifs is 1. The summed E-state index contributed by atoms with van der Waals surface area (Å²) < 4.78 is 43.6. The van der Waals surface area contributed by atoms with E-state index in [-0.39, 0.29) is 28.4 Å². The number of hydrogen-bond acceptors (Lipinski definition) is 7. The van der Waals surface area contributed by atoms with Crippen molar-refractivity contribution in [2.75, 3.05) is 5.32 Å². The lowest BCUT2D eigenvalue weighted by atomic mass is 10.1. The summed E-state index contributed by atoms with van der Waals surface area (Å²) in [7, 11) is 0.